The summed E-state index contributed by atoms with van der Waals surface area (Å²) in [7, 11) is 0. The molecule has 0 spiro atoms. The summed E-state index contributed by atoms with van der Waals surface area (Å²) in [5.74, 6) is 0. The number of benzene rings is 3. The van der Waals surface area contributed by atoms with Crippen molar-refractivity contribution < 1.29 is 0 Å². The highest BCUT2D eigenvalue weighted by atomic mass is 79.9. The van der Waals surface area contributed by atoms with Crippen LogP contribution in [0.25, 0.3) is 16.5 Å². The predicted octanol–water partition coefficient (Wildman–Crippen LogP) is 5.82. The number of nitrogens with zero attached hydrogens (tertiary/aromatic N) is 2. The Morgan fingerprint density at radius 3 is 2.61 bits per heavy atom. The molecule has 4 aromatic rings. The molecule has 1 heterocycles. The summed E-state index contributed by atoms with van der Waals surface area (Å²) in [6.07, 6.45) is 1.52. The number of aromatic nitrogens is 2. The molecule has 31 heavy (non-hydrogen) atoms. The fourth-order valence-electron chi connectivity index (χ4n) is 3.50. The number of rotatable bonds is 3. The largest absolute Gasteiger partial charge is 0.330 e. The lowest BCUT2D eigenvalue weighted by molar-refractivity contribution is 0.827. The van der Waals surface area contributed by atoms with E-state index in [0.717, 1.165) is 43.4 Å². The lowest BCUT2D eigenvalue weighted by Crippen LogP contribution is -2.19. The lowest BCUT2D eigenvalue weighted by Gasteiger charge is -2.10. The molecule has 5 nitrogen and oxygen atoms in total. The first-order valence-electron chi connectivity index (χ1n) is 9.77. The average molecular weight is 493 g/mol. The maximum Gasteiger partial charge on any atom is 0.280 e. The number of thiocarbonyl (C=S) groups is 1. The molecule has 0 amide bonds. The molecule has 0 aliphatic rings. The molecule has 0 radical (unpaired) electrons. The van der Waals surface area contributed by atoms with E-state index < -0.39 is 0 Å². The van der Waals surface area contributed by atoms with Gasteiger partial charge >= 0.3 is 0 Å². The quantitative estimate of drug-likeness (QED) is 0.279. The van der Waals surface area contributed by atoms with Crippen molar-refractivity contribution in [3.63, 3.8) is 0 Å². The van der Waals surface area contributed by atoms with Crippen molar-refractivity contribution in [2.24, 2.45) is 4.99 Å². The first kappa shape index (κ1) is 21.2. The summed E-state index contributed by atoms with van der Waals surface area (Å²) in [4.78, 5) is 17.4. The van der Waals surface area contributed by atoms with Gasteiger partial charge in [0, 0.05) is 27.5 Å². The number of nitrogens with one attached hydrogen (secondary N) is 2. The van der Waals surface area contributed by atoms with E-state index in [9.17, 15) is 4.79 Å². The van der Waals surface area contributed by atoms with Gasteiger partial charge in [-0.2, -0.15) is 0 Å². The molecule has 0 fully saturated rings. The predicted molar refractivity (Wildman–Crippen MR) is 136 cm³/mol. The molecular weight excluding hydrogens is 472 g/mol. The van der Waals surface area contributed by atoms with Crippen LogP contribution in [0.4, 0.5) is 5.69 Å². The summed E-state index contributed by atoms with van der Waals surface area (Å²) in [5.41, 5.74) is 4.83. The number of aromatic amines is 1. The van der Waals surface area contributed by atoms with Gasteiger partial charge in [-0.25, -0.2) is 9.67 Å². The van der Waals surface area contributed by atoms with Crippen LogP contribution in [-0.4, -0.2) is 21.1 Å². The fraction of sp³-hybridized carbons (Fsp3) is 0.125. The van der Waals surface area contributed by atoms with Gasteiger partial charge < -0.3 is 5.32 Å². The van der Waals surface area contributed by atoms with E-state index in [-0.39, 0.29) is 5.56 Å². The Morgan fingerprint density at radius 1 is 1.06 bits per heavy atom. The zero-order valence-corrected chi connectivity index (χ0v) is 19.8. The maximum atomic E-state index is 13.0. The smallest absolute Gasteiger partial charge is 0.280 e. The lowest BCUT2D eigenvalue weighted by atomic mass is 10.1. The zero-order valence-electron chi connectivity index (χ0n) is 17.4. The Labute approximate surface area is 193 Å². The Morgan fingerprint density at radius 2 is 1.81 bits per heavy atom. The van der Waals surface area contributed by atoms with Crippen LogP contribution in [0.1, 0.15) is 22.4 Å². The summed E-state index contributed by atoms with van der Waals surface area (Å²) in [6.45, 7) is 5.86. The zero-order chi connectivity index (χ0) is 22.1. The molecule has 4 rings (SSSR count). The summed E-state index contributed by atoms with van der Waals surface area (Å²) in [6, 6.07) is 17.9. The highest BCUT2D eigenvalue weighted by molar-refractivity contribution is 9.10. The van der Waals surface area contributed by atoms with Crippen LogP contribution in [0.15, 0.2) is 68.9 Å². The van der Waals surface area contributed by atoms with Gasteiger partial charge in [-0.3, -0.25) is 9.89 Å². The molecule has 0 saturated heterocycles. The van der Waals surface area contributed by atoms with E-state index in [4.69, 9.17) is 12.2 Å². The van der Waals surface area contributed by atoms with Crippen LogP contribution in [0.2, 0.25) is 0 Å². The Kier molecular flexibility index (Phi) is 5.89. The number of aliphatic imine (C=N–C) groups is 1. The Hall–Kier alpha value is -3.03. The van der Waals surface area contributed by atoms with Crippen LogP contribution in [0.5, 0.6) is 0 Å². The van der Waals surface area contributed by atoms with Crippen molar-refractivity contribution in [3.8, 4) is 5.69 Å². The highest BCUT2D eigenvalue weighted by Crippen LogP contribution is 2.25. The van der Waals surface area contributed by atoms with Crippen molar-refractivity contribution in [1.82, 2.24) is 9.78 Å². The molecule has 1 aromatic heterocycles. The summed E-state index contributed by atoms with van der Waals surface area (Å²) >= 11 is 8.94. The number of hydrogen-bond acceptors (Lipinski definition) is 2. The second-order valence-electron chi connectivity index (χ2n) is 7.32. The van der Waals surface area contributed by atoms with Crippen molar-refractivity contribution >= 4 is 55.9 Å². The summed E-state index contributed by atoms with van der Waals surface area (Å²) in [5, 5.41) is 8.78. The maximum absolute atomic E-state index is 13.0. The van der Waals surface area contributed by atoms with Crippen molar-refractivity contribution in [2.75, 3.05) is 5.32 Å². The topological polar surface area (TPSA) is 62.2 Å². The molecule has 3 aromatic carbocycles. The Bertz CT molecular complexity index is 1400. The molecule has 0 aliphatic carbocycles. The fourth-order valence-corrected chi connectivity index (χ4v) is 4.09. The molecule has 0 atom stereocenters. The molecule has 0 unspecified atom stereocenters. The first-order valence-corrected chi connectivity index (χ1v) is 11.0. The minimum Gasteiger partial charge on any atom is -0.330 e. The first-order chi connectivity index (χ1) is 14.9. The number of H-pyrrole nitrogens is 1. The number of fused-ring (bicyclic) bond motifs is 1. The van der Waals surface area contributed by atoms with E-state index in [1.165, 1.54) is 6.21 Å². The van der Waals surface area contributed by atoms with Crippen LogP contribution < -0.4 is 10.9 Å². The van der Waals surface area contributed by atoms with E-state index >= 15 is 0 Å². The third-order valence-corrected chi connectivity index (χ3v) is 6.46. The second-order valence-corrected chi connectivity index (χ2v) is 8.56. The van der Waals surface area contributed by atoms with Gasteiger partial charge in [-0.05, 0) is 67.7 Å². The number of hydrogen-bond donors (Lipinski definition) is 2. The van der Waals surface area contributed by atoms with Gasteiger partial charge in [0.2, 0.25) is 0 Å². The summed E-state index contributed by atoms with van der Waals surface area (Å²) < 4.78 is 2.56. The van der Waals surface area contributed by atoms with Crippen molar-refractivity contribution in [3.05, 3.63) is 91.8 Å². The molecule has 7 heteroatoms. The molecule has 0 bridgehead atoms. The minimum atomic E-state index is -0.168. The van der Waals surface area contributed by atoms with Crippen molar-refractivity contribution in [2.45, 2.75) is 20.8 Å². The van der Waals surface area contributed by atoms with E-state index in [2.05, 4.69) is 31.3 Å². The van der Waals surface area contributed by atoms with Crippen molar-refractivity contribution in [1.29, 1.82) is 0 Å². The molecule has 0 saturated carbocycles. The number of halogens is 1. The molecule has 2 N–H and O–H groups in total. The minimum absolute atomic E-state index is 0.168. The van der Waals surface area contributed by atoms with Crippen LogP contribution >= 0.6 is 28.1 Å². The third-order valence-electron chi connectivity index (χ3n) is 5.39. The van der Waals surface area contributed by atoms with Crippen LogP contribution in [-0.2, 0) is 0 Å². The number of aryl methyl sites for hydroxylation is 1. The van der Waals surface area contributed by atoms with Gasteiger partial charge in [0.1, 0.15) is 0 Å². The van der Waals surface area contributed by atoms with E-state index in [0.29, 0.717) is 10.7 Å². The Balaban J connectivity index is 1.62. The standard InChI is InChI=1S/C24H21BrN4OS/c1-14-15(2)22(12-11-20(14)25)29-23(30)19(16(3)28-29)13-26-24(31)27-21-10-6-8-17-7-4-5-9-18(17)21/h4-13,28H,1-3H3,(H,27,31). The van der Waals surface area contributed by atoms with Gasteiger partial charge in [-0.1, -0.05) is 52.3 Å². The van der Waals surface area contributed by atoms with E-state index in [1.54, 1.807) is 4.68 Å². The molecular formula is C24H21BrN4OS. The second kappa shape index (κ2) is 8.61. The van der Waals surface area contributed by atoms with Gasteiger partial charge in [0.15, 0.2) is 5.11 Å². The monoisotopic (exact) mass is 492 g/mol. The number of anilines is 1. The third kappa shape index (κ3) is 4.11. The van der Waals surface area contributed by atoms with Gasteiger partial charge in [0.05, 0.1) is 11.3 Å². The van der Waals surface area contributed by atoms with Gasteiger partial charge in [0.25, 0.3) is 5.56 Å². The highest BCUT2D eigenvalue weighted by Gasteiger charge is 2.14. The average Bonchev–Trinajstić information content (AvgIpc) is 3.04. The van der Waals surface area contributed by atoms with Crippen LogP contribution in [0.3, 0.4) is 0 Å². The van der Waals surface area contributed by atoms with Crippen LogP contribution in [0, 0.1) is 20.8 Å². The normalized spacial score (nSPS) is 11.4. The molecule has 0 aliphatic heterocycles. The SMILES string of the molecule is Cc1[nH]n(-c2ccc(Br)c(C)c2C)c(=O)c1C=NC(=S)Nc1cccc2ccccc12. The van der Waals surface area contributed by atoms with E-state index in [1.807, 2.05) is 75.4 Å². The van der Waals surface area contributed by atoms with Gasteiger partial charge in [-0.15, -0.1) is 0 Å². The molecule has 156 valence electrons.